The molecule has 0 saturated heterocycles. The number of rotatable bonds is 2. The zero-order valence-electron chi connectivity index (χ0n) is 6.93. The summed E-state index contributed by atoms with van der Waals surface area (Å²) >= 11 is 0. The Morgan fingerprint density at radius 1 is 1.17 bits per heavy atom. The van der Waals surface area contributed by atoms with Crippen molar-refractivity contribution in [2.24, 2.45) is 5.92 Å². The molecule has 1 aliphatic rings. The van der Waals surface area contributed by atoms with Crippen molar-refractivity contribution in [2.45, 2.75) is 37.6 Å². The van der Waals surface area contributed by atoms with Crippen molar-refractivity contribution in [1.29, 1.82) is 0 Å². The lowest BCUT2D eigenvalue weighted by Crippen LogP contribution is -2.38. The van der Waals surface area contributed by atoms with Crippen molar-refractivity contribution >= 4 is 0 Å². The van der Waals surface area contributed by atoms with E-state index >= 15 is 0 Å². The first-order valence-corrected chi connectivity index (χ1v) is 4.30. The van der Waals surface area contributed by atoms with Crippen molar-refractivity contribution < 1.29 is 20.4 Å². The molecule has 4 unspecified atom stereocenters. The monoisotopic (exact) mass is 176 g/mol. The van der Waals surface area contributed by atoms with Gasteiger partial charge in [-0.05, 0) is 25.2 Å². The summed E-state index contributed by atoms with van der Waals surface area (Å²) in [5.41, 5.74) is 0. The van der Waals surface area contributed by atoms with Crippen molar-refractivity contribution in [3.05, 3.63) is 0 Å². The summed E-state index contributed by atoms with van der Waals surface area (Å²) in [7, 11) is 0. The number of aliphatic hydroxyl groups excluding tert-OH is 4. The van der Waals surface area contributed by atoms with Crippen LogP contribution in [-0.4, -0.2) is 45.3 Å². The second-order valence-corrected chi connectivity index (χ2v) is 3.46. The summed E-state index contributed by atoms with van der Waals surface area (Å²) in [6.07, 6.45) is -0.615. The zero-order valence-corrected chi connectivity index (χ0v) is 6.93. The first-order valence-electron chi connectivity index (χ1n) is 4.30. The largest absolute Gasteiger partial charge is 0.394 e. The molecular formula is C8H16O4. The molecule has 1 fully saturated rings. The average molecular weight is 176 g/mol. The highest BCUT2D eigenvalue weighted by molar-refractivity contribution is 4.82. The minimum absolute atomic E-state index is 0.0756. The Kier molecular flexibility index (Phi) is 3.46. The standard InChI is InChI=1S/C8H16O4/c9-4-8(12)5-1-2-6(10)7(11)3-5/h5-12H,1-4H2. The van der Waals surface area contributed by atoms with Gasteiger partial charge in [-0.1, -0.05) is 0 Å². The summed E-state index contributed by atoms with van der Waals surface area (Å²) in [5, 5.41) is 36.3. The fraction of sp³-hybridized carbons (Fsp3) is 1.00. The first-order chi connectivity index (χ1) is 5.65. The van der Waals surface area contributed by atoms with Gasteiger partial charge in [0.2, 0.25) is 0 Å². The highest BCUT2D eigenvalue weighted by atomic mass is 16.3. The molecule has 0 radical (unpaired) electrons. The fourth-order valence-electron chi connectivity index (χ4n) is 1.66. The van der Waals surface area contributed by atoms with Gasteiger partial charge in [0.25, 0.3) is 0 Å². The van der Waals surface area contributed by atoms with E-state index in [4.69, 9.17) is 10.2 Å². The summed E-state index contributed by atoms with van der Waals surface area (Å²) in [6, 6.07) is 0. The average Bonchev–Trinajstić information content (AvgIpc) is 2.08. The van der Waals surface area contributed by atoms with Crippen molar-refractivity contribution in [1.82, 2.24) is 0 Å². The van der Waals surface area contributed by atoms with Gasteiger partial charge in [-0.15, -0.1) is 0 Å². The van der Waals surface area contributed by atoms with E-state index in [1.807, 2.05) is 0 Å². The predicted octanol–water partition coefficient (Wildman–Crippen LogP) is -1.14. The smallest absolute Gasteiger partial charge is 0.0802 e. The van der Waals surface area contributed by atoms with Gasteiger partial charge in [0.05, 0.1) is 24.9 Å². The maximum absolute atomic E-state index is 9.25. The van der Waals surface area contributed by atoms with E-state index < -0.39 is 18.3 Å². The van der Waals surface area contributed by atoms with E-state index in [1.165, 1.54) is 0 Å². The third-order valence-electron chi connectivity index (χ3n) is 2.55. The van der Waals surface area contributed by atoms with E-state index in [-0.39, 0.29) is 12.5 Å². The summed E-state index contributed by atoms with van der Waals surface area (Å²) in [4.78, 5) is 0. The normalized spacial score (nSPS) is 39.5. The van der Waals surface area contributed by atoms with Crippen LogP contribution in [0.2, 0.25) is 0 Å². The molecule has 0 aromatic carbocycles. The SMILES string of the molecule is OCC(O)C1CCC(O)C(O)C1. The molecule has 12 heavy (non-hydrogen) atoms. The molecule has 0 aromatic heterocycles. The minimum Gasteiger partial charge on any atom is -0.394 e. The van der Waals surface area contributed by atoms with E-state index in [2.05, 4.69) is 0 Å². The Morgan fingerprint density at radius 2 is 1.83 bits per heavy atom. The molecule has 0 aliphatic heterocycles. The molecule has 1 saturated carbocycles. The fourth-order valence-corrected chi connectivity index (χ4v) is 1.66. The minimum atomic E-state index is -0.757. The van der Waals surface area contributed by atoms with Crippen molar-refractivity contribution in [3.8, 4) is 0 Å². The van der Waals surface area contributed by atoms with E-state index in [9.17, 15) is 10.2 Å². The molecular weight excluding hydrogens is 160 g/mol. The summed E-state index contributed by atoms with van der Waals surface area (Å²) in [6.45, 7) is -0.270. The zero-order chi connectivity index (χ0) is 9.14. The van der Waals surface area contributed by atoms with Crippen molar-refractivity contribution in [3.63, 3.8) is 0 Å². The Balaban J connectivity index is 2.39. The van der Waals surface area contributed by atoms with Gasteiger partial charge in [-0.2, -0.15) is 0 Å². The Morgan fingerprint density at radius 3 is 2.33 bits per heavy atom. The summed E-state index contributed by atoms with van der Waals surface area (Å²) in [5.74, 6) is -0.0756. The van der Waals surface area contributed by atoms with Crippen LogP contribution in [0.3, 0.4) is 0 Å². The summed E-state index contributed by atoms with van der Waals surface area (Å²) < 4.78 is 0. The van der Waals surface area contributed by atoms with Crippen LogP contribution in [0.1, 0.15) is 19.3 Å². The Hall–Kier alpha value is -0.160. The molecule has 0 bridgehead atoms. The van der Waals surface area contributed by atoms with Crippen LogP contribution < -0.4 is 0 Å². The molecule has 0 amide bonds. The molecule has 1 aliphatic carbocycles. The van der Waals surface area contributed by atoms with Gasteiger partial charge in [-0.25, -0.2) is 0 Å². The van der Waals surface area contributed by atoms with E-state index in [0.717, 1.165) is 0 Å². The van der Waals surface area contributed by atoms with Gasteiger partial charge >= 0.3 is 0 Å². The number of hydrogen-bond acceptors (Lipinski definition) is 4. The molecule has 4 heteroatoms. The molecule has 0 heterocycles. The highest BCUT2D eigenvalue weighted by Crippen LogP contribution is 2.27. The lowest BCUT2D eigenvalue weighted by molar-refractivity contribution is -0.0585. The quantitative estimate of drug-likeness (QED) is 0.429. The van der Waals surface area contributed by atoms with Gasteiger partial charge < -0.3 is 20.4 Å². The van der Waals surface area contributed by atoms with Gasteiger partial charge in [0, 0.05) is 0 Å². The molecule has 1 rings (SSSR count). The van der Waals surface area contributed by atoms with Crippen LogP contribution in [0.25, 0.3) is 0 Å². The molecule has 0 aromatic rings. The van der Waals surface area contributed by atoms with Crippen LogP contribution >= 0.6 is 0 Å². The van der Waals surface area contributed by atoms with E-state index in [0.29, 0.717) is 19.3 Å². The lowest BCUT2D eigenvalue weighted by atomic mass is 9.82. The molecule has 4 atom stereocenters. The molecule has 4 N–H and O–H groups in total. The van der Waals surface area contributed by atoms with Crippen LogP contribution in [0.4, 0.5) is 0 Å². The molecule has 4 nitrogen and oxygen atoms in total. The van der Waals surface area contributed by atoms with Crippen LogP contribution in [0.15, 0.2) is 0 Å². The van der Waals surface area contributed by atoms with Gasteiger partial charge in [-0.3, -0.25) is 0 Å². The molecule has 72 valence electrons. The van der Waals surface area contributed by atoms with Gasteiger partial charge in [0.15, 0.2) is 0 Å². The Labute approximate surface area is 71.5 Å². The third kappa shape index (κ3) is 2.17. The predicted molar refractivity (Wildman–Crippen MR) is 42.4 cm³/mol. The molecule has 0 spiro atoms. The maximum atomic E-state index is 9.25. The lowest BCUT2D eigenvalue weighted by Gasteiger charge is -2.32. The van der Waals surface area contributed by atoms with Crippen LogP contribution in [-0.2, 0) is 0 Å². The highest BCUT2D eigenvalue weighted by Gasteiger charge is 2.31. The second kappa shape index (κ2) is 4.18. The number of aliphatic hydroxyl groups is 4. The topological polar surface area (TPSA) is 80.9 Å². The van der Waals surface area contributed by atoms with Crippen LogP contribution in [0, 0.1) is 5.92 Å². The third-order valence-corrected chi connectivity index (χ3v) is 2.55. The Bertz CT molecular complexity index is 139. The van der Waals surface area contributed by atoms with E-state index in [1.54, 1.807) is 0 Å². The first kappa shape index (κ1) is 9.92. The van der Waals surface area contributed by atoms with Crippen LogP contribution in [0.5, 0.6) is 0 Å². The maximum Gasteiger partial charge on any atom is 0.0802 e. The second-order valence-electron chi connectivity index (χ2n) is 3.46. The number of hydrogen-bond donors (Lipinski definition) is 4. The van der Waals surface area contributed by atoms with Gasteiger partial charge in [0.1, 0.15) is 0 Å². The van der Waals surface area contributed by atoms with Crippen molar-refractivity contribution in [2.75, 3.05) is 6.61 Å².